The van der Waals surface area contributed by atoms with Gasteiger partial charge in [-0.2, -0.15) is 0 Å². The second-order valence-corrected chi connectivity index (χ2v) is 5.67. The zero-order chi connectivity index (χ0) is 14.8. The number of furan rings is 1. The maximum absolute atomic E-state index is 12.3. The molecule has 0 saturated carbocycles. The third-order valence-corrected chi connectivity index (χ3v) is 4.02. The van der Waals surface area contributed by atoms with Gasteiger partial charge < -0.3 is 9.73 Å². The molecule has 4 heteroatoms. The number of nitrogens with one attached hydrogen (secondary N) is 1. The highest BCUT2D eigenvalue weighted by Crippen LogP contribution is 2.24. The van der Waals surface area contributed by atoms with E-state index in [9.17, 15) is 4.79 Å². The van der Waals surface area contributed by atoms with Crippen LogP contribution in [0.25, 0.3) is 11.0 Å². The minimum Gasteiger partial charge on any atom is -0.451 e. The molecule has 0 fully saturated rings. The van der Waals surface area contributed by atoms with Crippen LogP contribution in [0.5, 0.6) is 0 Å². The molecule has 0 unspecified atom stereocenters. The van der Waals surface area contributed by atoms with Crippen LogP contribution in [-0.4, -0.2) is 12.2 Å². The number of amides is 1. The van der Waals surface area contributed by atoms with Gasteiger partial charge in [0.15, 0.2) is 5.76 Å². The van der Waals surface area contributed by atoms with Gasteiger partial charge in [-0.3, -0.25) is 4.79 Å². The van der Waals surface area contributed by atoms with Crippen molar-refractivity contribution in [2.45, 2.75) is 11.8 Å². The first kappa shape index (κ1) is 13.8. The highest BCUT2D eigenvalue weighted by atomic mass is 32.2. The fourth-order valence-electron chi connectivity index (χ4n) is 2.21. The molecule has 3 aromatic rings. The highest BCUT2D eigenvalue weighted by Gasteiger charge is 2.13. The summed E-state index contributed by atoms with van der Waals surface area (Å²) >= 11 is 1.64. The first-order valence-electron chi connectivity index (χ1n) is 6.62. The van der Waals surface area contributed by atoms with Crippen LogP contribution < -0.4 is 5.32 Å². The number of para-hydroxylation sites is 1. The van der Waals surface area contributed by atoms with Gasteiger partial charge in [0.05, 0.1) is 0 Å². The number of hydrogen-bond acceptors (Lipinski definition) is 3. The van der Waals surface area contributed by atoms with Crippen LogP contribution in [0, 0.1) is 6.92 Å². The Kier molecular flexibility index (Phi) is 3.71. The lowest BCUT2D eigenvalue weighted by Gasteiger charge is -2.04. The number of thioether (sulfide) groups is 1. The lowest BCUT2D eigenvalue weighted by atomic mass is 10.2. The van der Waals surface area contributed by atoms with Crippen molar-refractivity contribution in [3.8, 4) is 0 Å². The molecular weight excluding hydrogens is 282 g/mol. The second kappa shape index (κ2) is 5.66. The molecule has 1 aromatic heterocycles. The van der Waals surface area contributed by atoms with Gasteiger partial charge in [-0.15, -0.1) is 11.8 Å². The quantitative estimate of drug-likeness (QED) is 0.711. The van der Waals surface area contributed by atoms with Crippen molar-refractivity contribution in [2.24, 2.45) is 0 Å². The van der Waals surface area contributed by atoms with Crippen LogP contribution in [0.15, 0.2) is 57.8 Å². The average molecular weight is 297 g/mol. The van der Waals surface area contributed by atoms with Crippen molar-refractivity contribution < 1.29 is 9.21 Å². The summed E-state index contributed by atoms with van der Waals surface area (Å²) < 4.78 is 5.67. The van der Waals surface area contributed by atoms with Gasteiger partial charge in [0, 0.05) is 16.0 Å². The molecule has 106 valence electrons. The van der Waals surface area contributed by atoms with E-state index in [-0.39, 0.29) is 5.91 Å². The van der Waals surface area contributed by atoms with Crippen LogP contribution in [0.1, 0.15) is 16.1 Å². The number of aryl methyl sites for hydroxylation is 1. The largest absolute Gasteiger partial charge is 0.451 e. The molecule has 1 amide bonds. The smallest absolute Gasteiger partial charge is 0.291 e. The number of anilines is 1. The number of benzene rings is 2. The lowest BCUT2D eigenvalue weighted by molar-refractivity contribution is 0.0998. The number of carbonyl (C=O) groups is 1. The van der Waals surface area contributed by atoms with Crippen molar-refractivity contribution in [3.63, 3.8) is 0 Å². The van der Waals surface area contributed by atoms with Crippen LogP contribution in [0.3, 0.4) is 0 Å². The number of rotatable bonds is 3. The summed E-state index contributed by atoms with van der Waals surface area (Å²) in [7, 11) is 0. The molecule has 0 radical (unpaired) electrons. The van der Waals surface area contributed by atoms with E-state index >= 15 is 0 Å². The van der Waals surface area contributed by atoms with E-state index in [1.54, 1.807) is 17.8 Å². The molecule has 0 atom stereocenters. The van der Waals surface area contributed by atoms with Gasteiger partial charge in [0.2, 0.25) is 0 Å². The maximum Gasteiger partial charge on any atom is 0.291 e. The van der Waals surface area contributed by atoms with E-state index in [1.165, 1.54) is 0 Å². The predicted octanol–water partition coefficient (Wildman–Crippen LogP) is 4.72. The second-order valence-electron chi connectivity index (χ2n) is 4.79. The summed E-state index contributed by atoms with van der Waals surface area (Å²) in [5.74, 6) is 0.0951. The number of fused-ring (bicyclic) bond motifs is 1. The summed E-state index contributed by atoms with van der Waals surface area (Å²) in [5, 5.41) is 3.81. The molecule has 21 heavy (non-hydrogen) atoms. The van der Waals surface area contributed by atoms with Gasteiger partial charge in [0.25, 0.3) is 5.91 Å². The zero-order valence-corrected chi connectivity index (χ0v) is 12.7. The Hall–Kier alpha value is -2.20. The van der Waals surface area contributed by atoms with Crippen molar-refractivity contribution in [2.75, 3.05) is 11.6 Å². The molecule has 0 aliphatic carbocycles. The van der Waals surface area contributed by atoms with Crippen LogP contribution >= 0.6 is 11.8 Å². The van der Waals surface area contributed by atoms with E-state index in [0.717, 1.165) is 27.1 Å². The van der Waals surface area contributed by atoms with Crippen molar-refractivity contribution in [3.05, 3.63) is 59.9 Å². The Morgan fingerprint density at radius 3 is 2.71 bits per heavy atom. The molecule has 1 N–H and O–H groups in total. The SMILES string of the molecule is CSc1cccc(NC(=O)c2cc3cccc(C)c3o2)c1. The number of carbonyl (C=O) groups excluding carboxylic acids is 1. The highest BCUT2D eigenvalue weighted by molar-refractivity contribution is 7.98. The molecule has 1 heterocycles. The molecular formula is C17H15NO2S. The minimum absolute atomic E-state index is 0.233. The molecule has 3 rings (SSSR count). The summed E-state index contributed by atoms with van der Waals surface area (Å²) in [4.78, 5) is 13.4. The normalized spacial score (nSPS) is 10.8. The van der Waals surface area contributed by atoms with Gasteiger partial charge in [-0.1, -0.05) is 24.3 Å². The van der Waals surface area contributed by atoms with Crippen LogP contribution in [0.2, 0.25) is 0 Å². The summed E-state index contributed by atoms with van der Waals surface area (Å²) in [6, 6.07) is 15.4. The third kappa shape index (κ3) is 2.81. The standard InChI is InChI=1S/C17H15NO2S/c1-11-5-3-6-12-9-15(20-16(11)12)17(19)18-13-7-4-8-14(10-13)21-2/h3-10H,1-2H3,(H,18,19). The summed E-state index contributed by atoms with van der Waals surface area (Å²) in [6.45, 7) is 1.97. The van der Waals surface area contributed by atoms with Crippen molar-refractivity contribution >= 4 is 34.3 Å². The van der Waals surface area contributed by atoms with Crippen molar-refractivity contribution in [1.82, 2.24) is 0 Å². The molecule has 0 aliphatic rings. The topological polar surface area (TPSA) is 42.2 Å². The predicted molar refractivity (Wildman–Crippen MR) is 87.1 cm³/mol. The molecule has 0 bridgehead atoms. The van der Waals surface area contributed by atoms with Gasteiger partial charge in [0.1, 0.15) is 5.58 Å². The van der Waals surface area contributed by atoms with Crippen LogP contribution in [0.4, 0.5) is 5.69 Å². The Bertz CT molecular complexity index is 807. The lowest BCUT2D eigenvalue weighted by Crippen LogP contribution is -2.10. The van der Waals surface area contributed by atoms with E-state index in [1.807, 2.05) is 55.6 Å². The fourth-order valence-corrected chi connectivity index (χ4v) is 2.67. The van der Waals surface area contributed by atoms with Crippen LogP contribution in [-0.2, 0) is 0 Å². The fraction of sp³-hybridized carbons (Fsp3) is 0.118. The monoisotopic (exact) mass is 297 g/mol. The molecule has 2 aromatic carbocycles. The van der Waals surface area contributed by atoms with E-state index in [4.69, 9.17) is 4.42 Å². The van der Waals surface area contributed by atoms with Gasteiger partial charge >= 0.3 is 0 Å². The first-order valence-corrected chi connectivity index (χ1v) is 7.84. The Balaban J connectivity index is 1.88. The molecule has 0 aliphatic heterocycles. The minimum atomic E-state index is -0.233. The zero-order valence-electron chi connectivity index (χ0n) is 11.8. The molecule has 3 nitrogen and oxygen atoms in total. The third-order valence-electron chi connectivity index (χ3n) is 3.29. The molecule has 0 spiro atoms. The average Bonchev–Trinajstić information content (AvgIpc) is 2.93. The Morgan fingerprint density at radius 1 is 1.14 bits per heavy atom. The maximum atomic E-state index is 12.3. The van der Waals surface area contributed by atoms with Gasteiger partial charge in [-0.05, 0) is 43.0 Å². The molecule has 0 saturated heterocycles. The van der Waals surface area contributed by atoms with Gasteiger partial charge in [-0.25, -0.2) is 0 Å². The summed E-state index contributed by atoms with van der Waals surface area (Å²) in [5.41, 5.74) is 2.56. The first-order chi connectivity index (χ1) is 10.2. The Morgan fingerprint density at radius 2 is 1.95 bits per heavy atom. The van der Waals surface area contributed by atoms with E-state index in [0.29, 0.717) is 5.76 Å². The van der Waals surface area contributed by atoms with E-state index < -0.39 is 0 Å². The van der Waals surface area contributed by atoms with Crippen molar-refractivity contribution in [1.29, 1.82) is 0 Å². The number of hydrogen-bond donors (Lipinski definition) is 1. The van der Waals surface area contributed by atoms with E-state index in [2.05, 4.69) is 5.32 Å². The Labute approximate surface area is 127 Å². The summed E-state index contributed by atoms with van der Waals surface area (Å²) in [6.07, 6.45) is 2.00.